The molecular formula is C23H16FNO5S. The Labute approximate surface area is 181 Å². The fourth-order valence-electron chi connectivity index (χ4n) is 3.12. The van der Waals surface area contributed by atoms with Crippen molar-refractivity contribution >= 4 is 35.0 Å². The summed E-state index contributed by atoms with van der Waals surface area (Å²) in [6, 6.07) is 16.1. The SMILES string of the molecule is COC(=O)c1ccccc1-c1ccc(/C=C2\SC(=O)N(Cc3ccccc3F)C2=O)o1. The van der Waals surface area contributed by atoms with Crippen LogP contribution in [-0.2, 0) is 16.1 Å². The molecule has 4 rings (SSSR count). The highest BCUT2D eigenvalue weighted by Crippen LogP contribution is 2.35. The van der Waals surface area contributed by atoms with E-state index in [2.05, 4.69) is 0 Å². The number of hydrogen-bond acceptors (Lipinski definition) is 6. The van der Waals surface area contributed by atoms with Crippen LogP contribution in [0.2, 0.25) is 0 Å². The topological polar surface area (TPSA) is 76.8 Å². The second-order valence-corrected chi connectivity index (χ2v) is 7.59. The summed E-state index contributed by atoms with van der Waals surface area (Å²) in [4.78, 5) is 38.1. The standard InChI is InChI=1S/C23H16FNO5S/c1-29-22(27)17-8-4-3-7-16(17)19-11-10-15(30-19)12-20-21(26)25(23(28)31-20)13-14-6-2-5-9-18(14)24/h2-12H,13H2,1H3/b20-12-. The van der Waals surface area contributed by atoms with Crippen LogP contribution in [0.1, 0.15) is 21.7 Å². The Morgan fingerprint density at radius 3 is 2.61 bits per heavy atom. The number of esters is 1. The van der Waals surface area contributed by atoms with E-state index in [1.54, 1.807) is 48.5 Å². The molecule has 0 saturated carbocycles. The molecule has 156 valence electrons. The number of rotatable bonds is 5. The van der Waals surface area contributed by atoms with Gasteiger partial charge >= 0.3 is 5.97 Å². The van der Waals surface area contributed by atoms with E-state index in [0.717, 1.165) is 16.7 Å². The Morgan fingerprint density at radius 1 is 1.10 bits per heavy atom. The summed E-state index contributed by atoms with van der Waals surface area (Å²) in [7, 11) is 1.30. The number of amides is 2. The Morgan fingerprint density at radius 2 is 1.84 bits per heavy atom. The maximum Gasteiger partial charge on any atom is 0.338 e. The predicted molar refractivity (Wildman–Crippen MR) is 113 cm³/mol. The molecule has 2 amide bonds. The molecule has 1 aromatic heterocycles. The van der Waals surface area contributed by atoms with Gasteiger partial charge in [-0.1, -0.05) is 36.4 Å². The maximum absolute atomic E-state index is 13.9. The fraction of sp³-hybridized carbons (Fsp3) is 0.0870. The first-order valence-electron chi connectivity index (χ1n) is 9.24. The minimum Gasteiger partial charge on any atom is -0.465 e. The van der Waals surface area contributed by atoms with Gasteiger partial charge in [0.1, 0.15) is 17.3 Å². The lowest BCUT2D eigenvalue weighted by Gasteiger charge is -2.12. The molecule has 0 atom stereocenters. The van der Waals surface area contributed by atoms with Crippen LogP contribution in [0.4, 0.5) is 9.18 Å². The summed E-state index contributed by atoms with van der Waals surface area (Å²) in [5, 5.41) is -0.484. The van der Waals surface area contributed by atoms with E-state index < -0.39 is 22.9 Å². The first-order chi connectivity index (χ1) is 15.0. The van der Waals surface area contributed by atoms with E-state index in [1.165, 1.54) is 25.3 Å². The van der Waals surface area contributed by atoms with E-state index in [4.69, 9.17) is 9.15 Å². The Balaban J connectivity index is 1.58. The van der Waals surface area contributed by atoms with Crippen LogP contribution < -0.4 is 0 Å². The molecule has 1 aliphatic heterocycles. The van der Waals surface area contributed by atoms with Crippen molar-refractivity contribution in [1.29, 1.82) is 0 Å². The summed E-state index contributed by atoms with van der Waals surface area (Å²) in [6.07, 6.45) is 1.45. The van der Waals surface area contributed by atoms with Gasteiger partial charge in [0, 0.05) is 17.2 Å². The van der Waals surface area contributed by atoms with Crippen molar-refractivity contribution in [3.8, 4) is 11.3 Å². The summed E-state index contributed by atoms with van der Waals surface area (Å²) in [6.45, 7) is -0.148. The maximum atomic E-state index is 13.9. The molecule has 2 heterocycles. The summed E-state index contributed by atoms with van der Waals surface area (Å²) in [5.74, 6) is -0.747. The van der Waals surface area contributed by atoms with Gasteiger partial charge in [0.2, 0.25) is 0 Å². The zero-order valence-corrected chi connectivity index (χ0v) is 17.1. The average Bonchev–Trinajstić information content (AvgIpc) is 3.35. The molecule has 0 aliphatic carbocycles. The Hall–Kier alpha value is -3.65. The number of nitrogens with zero attached hydrogens (tertiary/aromatic N) is 1. The average molecular weight is 437 g/mol. The normalized spacial score (nSPS) is 15.0. The molecule has 31 heavy (non-hydrogen) atoms. The van der Waals surface area contributed by atoms with Crippen LogP contribution in [0, 0.1) is 5.82 Å². The van der Waals surface area contributed by atoms with Gasteiger partial charge in [-0.15, -0.1) is 0 Å². The quantitative estimate of drug-likeness (QED) is 0.408. The second-order valence-electron chi connectivity index (χ2n) is 6.60. The zero-order chi connectivity index (χ0) is 22.0. The number of carbonyl (C=O) groups is 3. The predicted octanol–water partition coefficient (Wildman–Crippen LogP) is 5.11. The van der Waals surface area contributed by atoms with E-state index in [9.17, 15) is 18.8 Å². The lowest BCUT2D eigenvalue weighted by Crippen LogP contribution is -2.27. The third-order valence-electron chi connectivity index (χ3n) is 4.66. The summed E-state index contributed by atoms with van der Waals surface area (Å²) < 4.78 is 24.5. The summed E-state index contributed by atoms with van der Waals surface area (Å²) in [5.41, 5.74) is 1.14. The van der Waals surface area contributed by atoms with Crippen LogP contribution >= 0.6 is 11.8 Å². The molecule has 6 nitrogen and oxygen atoms in total. The lowest BCUT2D eigenvalue weighted by molar-refractivity contribution is -0.123. The Kier molecular flexibility index (Phi) is 5.73. The number of benzene rings is 2. The van der Waals surface area contributed by atoms with Crippen molar-refractivity contribution < 1.29 is 27.9 Å². The number of halogens is 1. The van der Waals surface area contributed by atoms with Crippen LogP contribution in [0.25, 0.3) is 17.4 Å². The highest BCUT2D eigenvalue weighted by molar-refractivity contribution is 8.18. The number of ether oxygens (including phenoxy) is 1. The smallest absolute Gasteiger partial charge is 0.338 e. The number of methoxy groups -OCH3 is 1. The van der Waals surface area contributed by atoms with Crippen molar-refractivity contribution in [2.75, 3.05) is 7.11 Å². The first-order valence-corrected chi connectivity index (χ1v) is 10.1. The minimum atomic E-state index is -0.522. The van der Waals surface area contributed by atoms with Crippen molar-refractivity contribution in [1.82, 2.24) is 4.90 Å². The molecule has 0 bridgehead atoms. The van der Waals surface area contributed by atoms with Crippen molar-refractivity contribution in [3.63, 3.8) is 0 Å². The van der Waals surface area contributed by atoms with E-state index >= 15 is 0 Å². The van der Waals surface area contributed by atoms with Gasteiger partial charge in [-0.25, -0.2) is 9.18 Å². The van der Waals surface area contributed by atoms with E-state index in [-0.39, 0.29) is 17.0 Å². The molecule has 1 saturated heterocycles. The molecule has 0 unspecified atom stereocenters. The van der Waals surface area contributed by atoms with E-state index in [1.807, 2.05) is 0 Å². The van der Waals surface area contributed by atoms with Crippen LogP contribution in [-0.4, -0.2) is 29.1 Å². The van der Waals surface area contributed by atoms with Crippen LogP contribution in [0.3, 0.4) is 0 Å². The molecule has 1 aliphatic rings. The minimum absolute atomic E-state index is 0.148. The third kappa shape index (κ3) is 4.15. The molecular weight excluding hydrogens is 421 g/mol. The highest BCUT2D eigenvalue weighted by Gasteiger charge is 2.35. The molecule has 1 fully saturated rings. The molecule has 0 N–H and O–H groups in total. The largest absolute Gasteiger partial charge is 0.465 e. The van der Waals surface area contributed by atoms with E-state index in [0.29, 0.717) is 22.6 Å². The van der Waals surface area contributed by atoms with Gasteiger partial charge in [0.15, 0.2) is 0 Å². The Bertz CT molecular complexity index is 1220. The van der Waals surface area contributed by atoms with Gasteiger partial charge in [-0.3, -0.25) is 14.5 Å². The van der Waals surface area contributed by atoms with Crippen molar-refractivity contribution in [3.05, 3.63) is 88.3 Å². The van der Waals surface area contributed by atoms with Gasteiger partial charge in [-0.2, -0.15) is 0 Å². The number of hydrogen-bond donors (Lipinski definition) is 0. The van der Waals surface area contributed by atoms with Gasteiger partial charge in [0.25, 0.3) is 11.1 Å². The summed E-state index contributed by atoms with van der Waals surface area (Å²) >= 11 is 0.760. The zero-order valence-electron chi connectivity index (χ0n) is 16.3. The van der Waals surface area contributed by atoms with Gasteiger partial charge in [-0.05, 0) is 36.0 Å². The van der Waals surface area contributed by atoms with Crippen LogP contribution in [0.5, 0.6) is 0 Å². The first kappa shape index (κ1) is 20.6. The van der Waals surface area contributed by atoms with Crippen LogP contribution in [0.15, 0.2) is 70.0 Å². The second kappa shape index (κ2) is 8.61. The molecule has 8 heteroatoms. The molecule has 2 aromatic carbocycles. The number of carbonyl (C=O) groups excluding carboxylic acids is 3. The molecule has 0 spiro atoms. The third-order valence-corrected chi connectivity index (χ3v) is 5.57. The number of imide groups is 1. The van der Waals surface area contributed by atoms with Crippen molar-refractivity contribution in [2.24, 2.45) is 0 Å². The lowest BCUT2D eigenvalue weighted by atomic mass is 10.1. The van der Waals surface area contributed by atoms with Gasteiger partial charge in [0.05, 0.1) is 24.1 Å². The fourth-order valence-corrected chi connectivity index (χ4v) is 3.94. The highest BCUT2D eigenvalue weighted by atomic mass is 32.2. The molecule has 3 aromatic rings. The molecule has 0 radical (unpaired) electrons. The van der Waals surface area contributed by atoms with Crippen molar-refractivity contribution in [2.45, 2.75) is 6.54 Å². The number of thioether (sulfide) groups is 1. The number of furan rings is 1. The monoisotopic (exact) mass is 437 g/mol. The van der Waals surface area contributed by atoms with Gasteiger partial charge < -0.3 is 9.15 Å².